The number of fused-ring (bicyclic) bond motifs is 1. The average Bonchev–Trinajstić information content (AvgIpc) is 3.08. The quantitative estimate of drug-likeness (QED) is 0.653. The van der Waals surface area contributed by atoms with Crippen molar-refractivity contribution in [3.63, 3.8) is 0 Å². The van der Waals surface area contributed by atoms with Gasteiger partial charge in [0.15, 0.2) is 5.82 Å². The van der Waals surface area contributed by atoms with Crippen molar-refractivity contribution in [1.29, 1.82) is 5.26 Å². The lowest BCUT2D eigenvalue weighted by atomic mass is 10.2. The predicted octanol–water partition coefficient (Wildman–Crippen LogP) is 1.05. The SMILES string of the molecule is COCc1noc(CCn2ccc3nc(OC)c(C#N)cc3c2=O)n1. The van der Waals surface area contributed by atoms with E-state index < -0.39 is 0 Å². The van der Waals surface area contributed by atoms with Crippen LogP contribution in [0.1, 0.15) is 17.3 Å². The molecule has 128 valence electrons. The molecule has 0 saturated heterocycles. The van der Waals surface area contributed by atoms with Gasteiger partial charge in [0.1, 0.15) is 18.2 Å². The first-order valence-electron chi connectivity index (χ1n) is 7.45. The lowest BCUT2D eigenvalue weighted by Crippen LogP contribution is -2.21. The van der Waals surface area contributed by atoms with Crippen molar-refractivity contribution >= 4 is 10.9 Å². The normalized spacial score (nSPS) is 10.8. The van der Waals surface area contributed by atoms with Crippen molar-refractivity contribution in [2.24, 2.45) is 0 Å². The maximum Gasteiger partial charge on any atom is 0.260 e. The van der Waals surface area contributed by atoms with Gasteiger partial charge >= 0.3 is 0 Å². The number of hydrogen-bond acceptors (Lipinski definition) is 8. The minimum absolute atomic E-state index is 0.198. The number of rotatable bonds is 6. The number of methoxy groups -OCH3 is 2. The molecule has 0 aromatic carbocycles. The van der Waals surface area contributed by atoms with Gasteiger partial charge in [-0.2, -0.15) is 10.2 Å². The standard InChI is InChI=1S/C16H15N5O4/c1-23-9-13-19-14(25-20-13)4-6-21-5-3-12-11(16(21)22)7-10(8-17)15(18-12)24-2/h3,5,7H,4,6,9H2,1-2H3. The average molecular weight is 341 g/mol. The predicted molar refractivity (Wildman–Crippen MR) is 86.0 cm³/mol. The molecule has 0 aliphatic carbocycles. The molecule has 9 nitrogen and oxygen atoms in total. The highest BCUT2D eigenvalue weighted by atomic mass is 16.5. The summed E-state index contributed by atoms with van der Waals surface area (Å²) in [6.45, 7) is 0.626. The van der Waals surface area contributed by atoms with E-state index in [4.69, 9.17) is 19.3 Å². The molecule has 0 radical (unpaired) electrons. The first-order valence-corrected chi connectivity index (χ1v) is 7.45. The highest BCUT2D eigenvalue weighted by Gasteiger charge is 2.12. The van der Waals surface area contributed by atoms with Gasteiger partial charge in [0.2, 0.25) is 11.8 Å². The molecule has 0 unspecified atom stereocenters. The number of aromatic nitrogens is 4. The number of aryl methyl sites for hydroxylation is 2. The van der Waals surface area contributed by atoms with Crippen LogP contribution in [0.5, 0.6) is 5.88 Å². The van der Waals surface area contributed by atoms with Crippen LogP contribution in [0, 0.1) is 11.3 Å². The van der Waals surface area contributed by atoms with Crippen molar-refractivity contribution in [1.82, 2.24) is 19.7 Å². The Balaban J connectivity index is 1.88. The van der Waals surface area contributed by atoms with Gasteiger partial charge in [0.05, 0.1) is 18.0 Å². The van der Waals surface area contributed by atoms with Crippen LogP contribution in [-0.4, -0.2) is 33.9 Å². The third-order valence-electron chi connectivity index (χ3n) is 3.58. The Bertz CT molecular complexity index is 1000. The molecule has 3 aromatic heterocycles. The molecule has 0 atom stereocenters. The summed E-state index contributed by atoms with van der Waals surface area (Å²) in [7, 11) is 2.97. The van der Waals surface area contributed by atoms with Crippen LogP contribution in [0.25, 0.3) is 10.9 Å². The molecule has 0 fully saturated rings. The van der Waals surface area contributed by atoms with Crippen molar-refractivity contribution in [2.75, 3.05) is 14.2 Å². The minimum atomic E-state index is -0.249. The molecule has 0 aliphatic heterocycles. The van der Waals surface area contributed by atoms with Crippen LogP contribution in [0.3, 0.4) is 0 Å². The van der Waals surface area contributed by atoms with Crippen LogP contribution in [0.4, 0.5) is 0 Å². The lowest BCUT2D eigenvalue weighted by molar-refractivity contribution is 0.174. The molecule has 3 heterocycles. The fraction of sp³-hybridized carbons (Fsp3) is 0.312. The van der Waals surface area contributed by atoms with Gasteiger partial charge in [-0.1, -0.05) is 5.16 Å². The molecular weight excluding hydrogens is 326 g/mol. The summed E-state index contributed by atoms with van der Waals surface area (Å²) in [4.78, 5) is 21.0. The van der Waals surface area contributed by atoms with E-state index in [2.05, 4.69) is 15.1 Å². The Labute approximate surface area is 142 Å². The maximum atomic E-state index is 12.6. The van der Waals surface area contributed by atoms with Crippen molar-refractivity contribution < 1.29 is 14.0 Å². The van der Waals surface area contributed by atoms with Crippen molar-refractivity contribution in [2.45, 2.75) is 19.6 Å². The summed E-state index contributed by atoms with van der Waals surface area (Å²) in [6.07, 6.45) is 2.03. The van der Waals surface area contributed by atoms with Crippen LogP contribution < -0.4 is 10.3 Å². The Hall–Kier alpha value is -3.25. The van der Waals surface area contributed by atoms with Crippen LogP contribution in [0.2, 0.25) is 0 Å². The second kappa shape index (κ2) is 7.11. The molecule has 0 bridgehead atoms. The molecule has 0 aliphatic rings. The molecule has 3 rings (SSSR count). The molecule has 0 spiro atoms. The number of nitriles is 1. The van der Waals surface area contributed by atoms with E-state index in [1.165, 1.54) is 17.7 Å². The third-order valence-corrected chi connectivity index (χ3v) is 3.58. The van der Waals surface area contributed by atoms with E-state index in [-0.39, 0.29) is 23.6 Å². The van der Waals surface area contributed by atoms with Gasteiger partial charge in [0.25, 0.3) is 5.56 Å². The summed E-state index contributed by atoms with van der Waals surface area (Å²) >= 11 is 0. The summed E-state index contributed by atoms with van der Waals surface area (Å²) in [5.41, 5.74) is 0.434. The Morgan fingerprint density at radius 3 is 2.92 bits per heavy atom. The molecular formula is C16H15N5O4. The zero-order valence-corrected chi connectivity index (χ0v) is 13.7. The van der Waals surface area contributed by atoms with Gasteiger partial charge in [-0.25, -0.2) is 4.98 Å². The van der Waals surface area contributed by atoms with Gasteiger partial charge in [-0.15, -0.1) is 0 Å². The summed E-state index contributed by atoms with van der Waals surface area (Å²) in [5, 5.41) is 13.3. The van der Waals surface area contributed by atoms with E-state index in [0.717, 1.165) is 0 Å². The van der Waals surface area contributed by atoms with Crippen LogP contribution in [-0.2, 0) is 24.3 Å². The second-order valence-corrected chi connectivity index (χ2v) is 5.19. The molecule has 25 heavy (non-hydrogen) atoms. The van der Waals surface area contributed by atoms with Gasteiger partial charge in [0, 0.05) is 26.3 Å². The fourth-order valence-corrected chi connectivity index (χ4v) is 2.40. The summed E-state index contributed by atoms with van der Waals surface area (Å²) in [6, 6.07) is 5.17. The second-order valence-electron chi connectivity index (χ2n) is 5.19. The number of nitrogens with zero attached hydrogens (tertiary/aromatic N) is 5. The topological polar surface area (TPSA) is 116 Å². The third kappa shape index (κ3) is 3.34. The minimum Gasteiger partial charge on any atom is -0.480 e. The Morgan fingerprint density at radius 2 is 2.20 bits per heavy atom. The number of ether oxygens (including phenoxy) is 2. The van der Waals surface area contributed by atoms with Crippen molar-refractivity contribution in [3.8, 4) is 11.9 Å². The highest BCUT2D eigenvalue weighted by molar-refractivity contribution is 5.79. The zero-order valence-electron chi connectivity index (χ0n) is 13.7. The molecule has 0 amide bonds. The van der Waals surface area contributed by atoms with Crippen molar-refractivity contribution in [3.05, 3.63) is 46.0 Å². The fourth-order valence-electron chi connectivity index (χ4n) is 2.40. The van der Waals surface area contributed by atoms with E-state index in [1.54, 1.807) is 19.4 Å². The Morgan fingerprint density at radius 1 is 1.36 bits per heavy atom. The van der Waals surface area contributed by atoms with Gasteiger partial charge in [-0.05, 0) is 12.1 Å². The van der Waals surface area contributed by atoms with E-state index >= 15 is 0 Å². The van der Waals surface area contributed by atoms with Gasteiger partial charge < -0.3 is 18.6 Å². The lowest BCUT2D eigenvalue weighted by Gasteiger charge is -2.07. The first kappa shape index (κ1) is 16.6. The van der Waals surface area contributed by atoms with E-state index in [9.17, 15) is 4.79 Å². The maximum absolute atomic E-state index is 12.6. The largest absolute Gasteiger partial charge is 0.480 e. The van der Waals surface area contributed by atoms with E-state index in [0.29, 0.717) is 35.6 Å². The summed E-state index contributed by atoms with van der Waals surface area (Å²) in [5.74, 6) is 1.08. The molecule has 9 heteroatoms. The molecule has 0 saturated carbocycles. The number of pyridine rings is 2. The first-order chi connectivity index (χ1) is 12.2. The number of hydrogen-bond donors (Lipinski definition) is 0. The van der Waals surface area contributed by atoms with Crippen LogP contribution in [0.15, 0.2) is 27.6 Å². The highest BCUT2D eigenvalue weighted by Crippen LogP contribution is 2.19. The molecule has 0 N–H and O–H groups in total. The molecule has 3 aromatic rings. The van der Waals surface area contributed by atoms with E-state index in [1.807, 2.05) is 6.07 Å². The van der Waals surface area contributed by atoms with Crippen LogP contribution >= 0.6 is 0 Å². The van der Waals surface area contributed by atoms with Gasteiger partial charge in [-0.3, -0.25) is 4.79 Å². The summed E-state index contributed by atoms with van der Waals surface area (Å²) < 4.78 is 16.6. The monoisotopic (exact) mass is 341 g/mol. The Kier molecular flexibility index (Phi) is 4.72. The smallest absolute Gasteiger partial charge is 0.260 e. The zero-order chi connectivity index (χ0) is 17.8.